The summed E-state index contributed by atoms with van der Waals surface area (Å²) in [6.45, 7) is 4.17. The minimum Gasteiger partial charge on any atom is -0.460 e. The van der Waals surface area contributed by atoms with Crippen molar-refractivity contribution in [2.45, 2.75) is 38.9 Å². The maximum atomic E-state index is 11.3. The molecule has 0 spiro atoms. The van der Waals surface area contributed by atoms with Gasteiger partial charge < -0.3 is 18.9 Å². The molecule has 6 nitrogen and oxygen atoms in total. The molecule has 0 saturated carbocycles. The van der Waals surface area contributed by atoms with Gasteiger partial charge in [0, 0.05) is 26.4 Å². The number of esters is 2. The van der Waals surface area contributed by atoms with Crippen LogP contribution in [0.5, 0.6) is 0 Å². The van der Waals surface area contributed by atoms with Crippen molar-refractivity contribution in [2.24, 2.45) is 0 Å². The Bertz CT molecular complexity index is 275. The van der Waals surface area contributed by atoms with Crippen molar-refractivity contribution >= 4 is 11.9 Å². The summed E-state index contributed by atoms with van der Waals surface area (Å²) in [4.78, 5) is 22.7. The molecular weight excluding hydrogens is 264 g/mol. The van der Waals surface area contributed by atoms with Crippen LogP contribution in [0.4, 0.5) is 0 Å². The number of ether oxygens (including phenoxy) is 4. The van der Waals surface area contributed by atoms with Crippen molar-refractivity contribution in [3.05, 3.63) is 12.2 Å². The Labute approximate surface area is 120 Å². The first kappa shape index (κ1) is 18.6. The maximum Gasteiger partial charge on any atom is 0.331 e. The van der Waals surface area contributed by atoms with Crippen LogP contribution in [0.1, 0.15) is 26.7 Å². The lowest BCUT2D eigenvalue weighted by molar-refractivity contribution is -0.144. The van der Waals surface area contributed by atoms with Gasteiger partial charge in [-0.15, -0.1) is 0 Å². The van der Waals surface area contributed by atoms with Crippen LogP contribution in [0, 0.1) is 0 Å². The zero-order valence-electron chi connectivity index (χ0n) is 12.6. The summed E-state index contributed by atoms with van der Waals surface area (Å²) in [5.74, 6) is -1.20. The molecule has 0 heterocycles. The van der Waals surface area contributed by atoms with Gasteiger partial charge in [0.25, 0.3) is 0 Å². The predicted molar refractivity (Wildman–Crippen MR) is 73.2 cm³/mol. The second-order valence-corrected chi connectivity index (χ2v) is 4.13. The monoisotopic (exact) mass is 288 g/mol. The Morgan fingerprint density at radius 3 is 1.45 bits per heavy atom. The van der Waals surface area contributed by atoms with Crippen LogP contribution in [-0.2, 0) is 28.5 Å². The molecule has 0 rings (SSSR count). The van der Waals surface area contributed by atoms with E-state index in [1.54, 1.807) is 14.2 Å². The van der Waals surface area contributed by atoms with E-state index in [2.05, 4.69) is 0 Å². The van der Waals surface area contributed by atoms with Gasteiger partial charge in [0.15, 0.2) is 0 Å². The molecule has 2 unspecified atom stereocenters. The number of hydrogen-bond acceptors (Lipinski definition) is 6. The lowest BCUT2D eigenvalue weighted by atomic mass is 10.3. The zero-order chi connectivity index (χ0) is 15.4. The highest BCUT2D eigenvalue weighted by Gasteiger charge is 2.09. The quantitative estimate of drug-likeness (QED) is 0.448. The maximum absolute atomic E-state index is 11.3. The predicted octanol–water partition coefficient (Wildman–Crippen LogP) is 1.48. The molecular formula is C14H24O6. The molecule has 0 bridgehead atoms. The number of methoxy groups -OCH3 is 2. The second kappa shape index (κ2) is 11.4. The Kier molecular flexibility index (Phi) is 10.6. The van der Waals surface area contributed by atoms with Gasteiger partial charge in [-0.1, -0.05) is 13.8 Å². The van der Waals surface area contributed by atoms with Gasteiger partial charge in [-0.3, -0.25) is 0 Å². The third-order valence-corrected chi connectivity index (χ3v) is 2.76. The lowest BCUT2D eigenvalue weighted by Gasteiger charge is -2.12. The summed E-state index contributed by atoms with van der Waals surface area (Å²) in [6, 6.07) is 0. The third-order valence-electron chi connectivity index (χ3n) is 2.76. The fraction of sp³-hybridized carbons (Fsp3) is 0.714. The van der Waals surface area contributed by atoms with Crippen LogP contribution in [0.25, 0.3) is 0 Å². The average molecular weight is 288 g/mol. The zero-order valence-corrected chi connectivity index (χ0v) is 12.6. The van der Waals surface area contributed by atoms with E-state index in [0.29, 0.717) is 0 Å². The van der Waals surface area contributed by atoms with Crippen LogP contribution < -0.4 is 0 Å². The topological polar surface area (TPSA) is 71.1 Å². The summed E-state index contributed by atoms with van der Waals surface area (Å²) in [7, 11) is 3.10. The highest BCUT2D eigenvalue weighted by atomic mass is 16.6. The van der Waals surface area contributed by atoms with Crippen molar-refractivity contribution in [3.63, 3.8) is 0 Å². The van der Waals surface area contributed by atoms with E-state index >= 15 is 0 Å². The van der Waals surface area contributed by atoms with E-state index in [-0.39, 0.29) is 25.4 Å². The summed E-state index contributed by atoms with van der Waals surface area (Å²) in [5.41, 5.74) is 0. The molecule has 0 amide bonds. The SMILES string of the molecule is CCC(COC(=O)/C=C/C(=O)OCC(CC)OC)OC. The summed E-state index contributed by atoms with van der Waals surface area (Å²) < 4.78 is 20.0. The molecule has 0 radical (unpaired) electrons. The highest BCUT2D eigenvalue weighted by Crippen LogP contribution is 1.99. The van der Waals surface area contributed by atoms with Gasteiger partial charge in [-0.05, 0) is 12.8 Å². The molecule has 2 atom stereocenters. The number of rotatable bonds is 10. The van der Waals surface area contributed by atoms with Crippen LogP contribution >= 0.6 is 0 Å². The molecule has 20 heavy (non-hydrogen) atoms. The van der Waals surface area contributed by atoms with Crippen LogP contribution in [0.15, 0.2) is 12.2 Å². The molecule has 0 aromatic carbocycles. The smallest absolute Gasteiger partial charge is 0.331 e. The molecule has 0 aromatic heterocycles. The first-order valence-electron chi connectivity index (χ1n) is 6.64. The van der Waals surface area contributed by atoms with Crippen molar-refractivity contribution in [2.75, 3.05) is 27.4 Å². The Morgan fingerprint density at radius 1 is 0.850 bits per heavy atom. The Morgan fingerprint density at radius 2 is 1.20 bits per heavy atom. The number of hydrogen-bond donors (Lipinski definition) is 0. The van der Waals surface area contributed by atoms with Crippen molar-refractivity contribution in [1.29, 1.82) is 0 Å². The van der Waals surface area contributed by atoms with Gasteiger partial charge in [-0.2, -0.15) is 0 Å². The van der Waals surface area contributed by atoms with Gasteiger partial charge in [0.1, 0.15) is 13.2 Å². The fourth-order valence-corrected chi connectivity index (χ4v) is 1.29. The molecule has 0 saturated heterocycles. The second-order valence-electron chi connectivity index (χ2n) is 4.13. The minimum atomic E-state index is -0.601. The third kappa shape index (κ3) is 8.66. The van der Waals surface area contributed by atoms with Gasteiger partial charge in [0.05, 0.1) is 12.2 Å². The Hall–Kier alpha value is -1.40. The summed E-state index contributed by atoms with van der Waals surface area (Å²) in [5, 5.41) is 0. The summed E-state index contributed by atoms with van der Waals surface area (Å²) in [6.07, 6.45) is 3.30. The van der Waals surface area contributed by atoms with Gasteiger partial charge >= 0.3 is 11.9 Å². The standard InChI is InChI=1S/C14H24O6/c1-5-11(17-3)9-19-13(15)7-8-14(16)20-10-12(6-2)18-4/h7-8,11-12H,5-6,9-10H2,1-4H3/b8-7+. The Balaban J connectivity index is 3.96. The van der Waals surface area contributed by atoms with Crippen LogP contribution in [0.3, 0.4) is 0 Å². The molecule has 0 aliphatic heterocycles. The molecule has 0 aliphatic rings. The van der Waals surface area contributed by atoms with E-state index in [0.717, 1.165) is 25.0 Å². The highest BCUT2D eigenvalue weighted by molar-refractivity contribution is 5.91. The molecule has 116 valence electrons. The lowest BCUT2D eigenvalue weighted by Crippen LogP contribution is -2.20. The van der Waals surface area contributed by atoms with Crippen LogP contribution in [0.2, 0.25) is 0 Å². The molecule has 0 fully saturated rings. The van der Waals surface area contributed by atoms with Gasteiger partial charge in [0.2, 0.25) is 0 Å². The first-order chi connectivity index (χ1) is 9.57. The van der Waals surface area contributed by atoms with Crippen LogP contribution in [-0.4, -0.2) is 51.6 Å². The van der Waals surface area contributed by atoms with E-state index < -0.39 is 11.9 Å². The number of carbonyl (C=O) groups is 2. The summed E-state index contributed by atoms with van der Waals surface area (Å²) >= 11 is 0. The first-order valence-corrected chi connectivity index (χ1v) is 6.64. The normalized spacial score (nSPS) is 14.0. The minimum absolute atomic E-state index is 0.133. The molecule has 0 aliphatic carbocycles. The number of carbonyl (C=O) groups excluding carboxylic acids is 2. The fourth-order valence-electron chi connectivity index (χ4n) is 1.29. The molecule has 6 heteroatoms. The molecule has 0 aromatic rings. The van der Waals surface area contributed by atoms with E-state index in [9.17, 15) is 9.59 Å². The van der Waals surface area contributed by atoms with Gasteiger partial charge in [-0.25, -0.2) is 9.59 Å². The van der Waals surface area contributed by atoms with E-state index in [1.807, 2.05) is 13.8 Å². The average Bonchev–Trinajstić information content (AvgIpc) is 2.47. The van der Waals surface area contributed by atoms with Crippen molar-refractivity contribution < 1.29 is 28.5 Å². The van der Waals surface area contributed by atoms with Crippen molar-refractivity contribution in [3.8, 4) is 0 Å². The van der Waals surface area contributed by atoms with E-state index in [1.165, 1.54) is 0 Å². The largest absolute Gasteiger partial charge is 0.460 e. The van der Waals surface area contributed by atoms with Crippen molar-refractivity contribution in [1.82, 2.24) is 0 Å². The van der Waals surface area contributed by atoms with E-state index in [4.69, 9.17) is 18.9 Å². The molecule has 0 N–H and O–H groups in total.